The molecule has 2 aliphatic heterocycles. The van der Waals surface area contributed by atoms with Gasteiger partial charge in [-0.25, -0.2) is 8.42 Å². The van der Waals surface area contributed by atoms with Gasteiger partial charge in [-0.15, -0.1) is 0 Å². The molecule has 10 heteroatoms. The summed E-state index contributed by atoms with van der Waals surface area (Å²) in [6.07, 6.45) is 11.2. The zero-order valence-electron chi connectivity index (χ0n) is 25.5. The summed E-state index contributed by atoms with van der Waals surface area (Å²) in [7, 11) is -3.33. The van der Waals surface area contributed by atoms with E-state index in [-0.39, 0.29) is 17.9 Å². The quantitative estimate of drug-likeness (QED) is 0.358. The molecule has 0 bridgehead atoms. The van der Waals surface area contributed by atoms with Gasteiger partial charge >= 0.3 is 0 Å². The van der Waals surface area contributed by atoms with Crippen molar-refractivity contribution in [2.45, 2.75) is 89.3 Å². The van der Waals surface area contributed by atoms with Crippen molar-refractivity contribution in [2.75, 3.05) is 30.6 Å². The largest absolute Gasteiger partial charge is 0.457 e. The Labute approximate surface area is 256 Å². The minimum absolute atomic E-state index is 0.0466. The zero-order valence-corrected chi connectivity index (χ0v) is 26.3. The molecule has 9 nitrogen and oxygen atoms in total. The maximum atomic E-state index is 13.8. The number of hydrogen-bond acceptors (Lipinski definition) is 6. The van der Waals surface area contributed by atoms with Crippen molar-refractivity contribution in [1.82, 2.24) is 15.1 Å². The van der Waals surface area contributed by atoms with Gasteiger partial charge in [0.1, 0.15) is 23.1 Å². The molecular weight excluding hydrogens is 564 g/mol. The Morgan fingerprint density at radius 2 is 1.58 bits per heavy atom. The van der Waals surface area contributed by atoms with Gasteiger partial charge in [0.2, 0.25) is 21.8 Å². The highest BCUT2D eigenvalue weighted by Gasteiger charge is 2.53. The van der Waals surface area contributed by atoms with Gasteiger partial charge in [0, 0.05) is 31.9 Å². The van der Waals surface area contributed by atoms with Crippen LogP contribution in [0.5, 0.6) is 11.5 Å². The van der Waals surface area contributed by atoms with Crippen LogP contribution in [0.2, 0.25) is 0 Å². The fourth-order valence-corrected chi connectivity index (χ4v) is 7.44. The van der Waals surface area contributed by atoms with Gasteiger partial charge in [0.05, 0.1) is 6.26 Å². The van der Waals surface area contributed by atoms with Crippen molar-refractivity contribution < 1.29 is 22.7 Å². The maximum Gasteiger partial charge on any atom is 0.246 e. The molecule has 3 fully saturated rings. The van der Waals surface area contributed by atoms with Crippen molar-refractivity contribution in [3.63, 3.8) is 0 Å². The number of carbonyl (C=O) groups is 2. The van der Waals surface area contributed by atoms with Crippen molar-refractivity contribution in [3.05, 3.63) is 54.1 Å². The first-order valence-corrected chi connectivity index (χ1v) is 17.7. The minimum atomic E-state index is -3.33. The summed E-state index contributed by atoms with van der Waals surface area (Å²) in [6, 6.07) is 14.3. The molecule has 1 atom stereocenters. The Bertz CT molecular complexity index is 1350. The number of ether oxygens (including phenoxy) is 1. The minimum Gasteiger partial charge on any atom is -0.457 e. The second kappa shape index (κ2) is 13.7. The summed E-state index contributed by atoms with van der Waals surface area (Å²) in [5.74, 6) is 2.02. The SMILES string of the molecule is CCCCN1C(=O)[C@H](CC2CCCCC2)NC(=O)C12CCN(Cc1ccc(Oc3ccc(NS(C)(=O)=O)cc3)cc1)CC2. The number of nitrogens with one attached hydrogen (secondary N) is 2. The molecular formula is C33H46N4O5S. The molecule has 0 radical (unpaired) electrons. The van der Waals surface area contributed by atoms with Crippen LogP contribution in [0.3, 0.4) is 0 Å². The average Bonchev–Trinajstić information content (AvgIpc) is 2.99. The molecule has 5 rings (SSSR count). The second-order valence-electron chi connectivity index (χ2n) is 12.6. The first kappa shape index (κ1) is 31.3. The van der Waals surface area contributed by atoms with Crippen LogP contribution >= 0.6 is 0 Å². The summed E-state index contributed by atoms with van der Waals surface area (Å²) in [5, 5.41) is 3.19. The fourth-order valence-electron chi connectivity index (χ4n) is 6.87. The van der Waals surface area contributed by atoms with Crippen LogP contribution in [-0.2, 0) is 26.2 Å². The Morgan fingerprint density at radius 1 is 0.953 bits per heavy atom. The van der Waals surface area contributed by atoms with Gasteiger partial charge in [-0.2, -0.15) is 0 Å². The molecule has 2 heterocycles. The van der Waals surface area contributed by atoms with Crippen LogP contribution in [0.1, 0.15) is 76.7 Å². The Kier molecular flexibility index (Phi) is 9.96. The number of amides is 2. The lowest BCUT2D eigenvalue weighted by Crippen LogP contribution is -2.73. The van der Waals surface area contributed by atoms with E-state index in [4.69, 9.17) is 4.74 Å². The highest BCUT2D eigenvalue weighted by molar-refractivity contribution is 7.92. The number of carbonyl (C=O) groups excluding carboxylic acids is 2. The standard InChI is InChI=1S/C33H46N4O5S/c1-3-4-20-37-31(38)30(23-25-8-6-5-7-9-25)34-32(39)33(37)18-21-36(22-19-33)24-26-10-14-28(15-11-26)42-29-16-12-27(13-17-29)35-43(2,40)41/h10-17,25,30,35H,3-9,18-24H2,1-2H3,(H,34,39)/t30-/m0/s1. The highest BCUT2D eigenvalue weighted by Crippen LogP contribution is 2.36. The van der Waals surface area contributed by atoms with Gasteiger partial charge in [-0.05, 0) is 73.6 Å². The van der Waals surface area contributed by atoms with Crippen molar-refractivity contribution in [3.8, 4) is 11.5 Å². The van der Waals surface area contributed by atoms with Gasteiger partial charge in [-0.3, -0.25) is 19.2 Å². The molecule has 2 N–H and O–H groups in total. The molecule has 1 spiro atoms. The zero-order chi connectivity index (χ0) is 30.5. The number of hydrogen-bond donors (Lipinski definition) is 2. The van der Waals surface area contributed by atoms with E-state index in [1.807, 2.05) is 29.2 Å². The van der Waals surface area contributed by atoms with Crippen LogP contribution in [0.4, 0.5) is 5.69 Å². The average molecular weight is 611 g/mol. The molecule has 1 aliphatic carbocycles. The van der Waals surface area contributed by atoms with Gasteiger partial charge in [-0.1, -0.05) is 57.6 Å². The number of sulfonamides is 1. The molecule has 0 aromatic heterocycles. The number of piperidine rings is 1. The number of nitrogens with zero attached hydrogens (tertiary/aromatic N) is 2. The van der Waals surface area contributed by atoms with E-state index in [1.165, 1.54) is 32.1 Å². The number of anilines is 1. The third-order valence-corrected chi connectivity index (χ3v) is 9.85. The third kappa shape index (κ3) is 7.89. The lowest BCUT2D eigenvalue weighted by molar-refractivity contribution is -0.162. The topological polar surface area (TPSA) is 108 Å². The van der Waals surface area contributed by atoms with Gasteiger partial charge < -0.3 is 15.0 Å². The fraction of sp³-hybridized carbons (Fsp3) is 0.576. The summed E-state index contributed by atoms with van der Waals surface area (Å²) >= 11 is 0. The van der Waals surface area contributed by atoms with Crippen LogP contribution < -0.4 is 14.8 Å². The number of unbranched alkanes of at least 4 members (excludes halogenated alkanes) is 1. The molecule has 2 saturated heterocycles. The Balaban J connectivity index is 1.17. The van der Waals surface area contributed by atoms with E-state index in [0.29, 0.717) is 42.5 Å². The molecule has 0 unspecified atom stereocenters. The molecule has 3 aliphatic rings. The number of piperazine rings is 1. The molecule has 2 aromatic carbocycles. The highest BCUT2D eigenvalue weighted by atomic mass is 32.2. The monoisotopic (exact) mass is 610 g/mol. The van der Waals surface area contributed by atoms with E-state index in [1.54, 1.807) is 24.3 Å². The molecule has 234 valence electrons. The van der Waals surface area contributed by atoms with Gasteiger partial charge in [0.25, 0.3) is 0 Å². The smallest absolute Gasteiger partial charge is 0.246 e. The summed E-state index contributed by atoms with van der Waals surface area (Å²) in [4.78, 5) is 31.8. The van der Waals surface area contributed by atoms with Crippen LogP contribution in [0.15, 0.2) is 48.5 Å². The first-order chi connectivity index (χ1) is 20.6. The lowest BCUT2D eigenvalue weighted by atomic mass is 9.79. The predicted molar refractivity (Wildman–Crippen MR) is 168 cm³/mol. The maximum absolute atomic E-state index is 13.8. The Morgan fingerprint density at radius 3 is 2.19 bits per heavy atom. The second-order valence-corrected chi connectivity index (χ2v) is 14.3. The number of rotatable bonds is 11. The van der Waals surface area contributed by atoms with Crippen LogP contribution in [-0.4, -0.2) is 67.5 Å². The van der Waals surface area contributed by atoms with E-state index < -0.39 is 15.6 Å². The van der Waals surface area contributed by atoms with E-state index in [2.05, 4.69) is 21.9 Å². The van der Waals surface area contributed by atoms with Crippen molar-refractivity contribution in [1.29, 1.82) is 0 Å². The van der Waals surface area contributed by atoms with Crippen molar-refractivity contribution >= 4 is 27.5 Å². The van der Waals surface area contributed by atoms with E-state index >= 15 is 0 Å². The van der Waals surface area contributed by atoms with Gasteiger partial charge in [0.15, 0.2) is 0 Å². The molecule has 2 aromatic rings. The van der Waals surface area contributed by atoms with Crippen LogP contribution in [0.25, 0.3) is 0 Å². The molecule has 1 saturated carbocycles. The lowest BCUT2D eigenvalue weighted by Gasteiger charge is -2.52. The van der Waals surface area contributed by atoms with Crippen molar-refractivity contribution in [2.24, 2.45) is 5.92 Å². The number of likely N-dealkylation sites (tertiary alicyclic amines) is 1. The Hall–Kier alpha value is -3.11. The third-order valence-electron chi connectivity index (χ3n) is 9.24. The first-order valence-electron chi connectivity index (χ1n) is 15.8. The van der Waals surface area contributed by atoms with Crippen LogP contribution in [0, 0.1) is 5.92 Å². The molecule has 43 heavy (non-hydrogen) atoms. The number of benzene rings is 2. The van der Waals surface area contributed by atoms with E-state index in [0.717, 1.165) is 50.7 Å². The van der Waals surface area contributed by atoms with E-state index in [9.17, 15) is 18.0 Å². The normalized spacial score (nSPS) is 21.5. The summed E-state index contributed by atoms with van der Waals surface area (Å²) in [6.45, 7) is 5.06. The summed E-state index contributed by atoms with van der Waals surface area (Å²) < 4.78 is 31.2. The summed E-state index contributed by atoms with van der Waals surface area (Å²) in [5.41, 5.74) is 0.891. The molecule has 2 amide bonds. The predicted octanol–water partition coefficient (Wildman–Crippen LogP) is 5.28.